The number of hydrogen-bond acceptors (Lipinski definition) is 0. The van der Waals surface area contributed by atoms with Crippen LogP contribution in [0.2, 0.25) is 0 Å². The predicted molar refractivity (Wildman–Crippen MR) is 181 cm³/mol. The van der Waals surface area contributed by atoms with E-state index >= 15 is 8.78 Å². The van der Waals surface area contributed by atoms with E-state index in [2.05, 4.69) is 0 Å². The molecule has 0 aromatic heterocycles. The molecule has 0 aliphatic heterocycles. The molecule has 240 valence electrons. The molecule has 0 saturated carbocycles. The van der Waals surface area contributed by atoms with Crippen LogP contribution in [0.3, 0.4) is 0 Å². The second kappa shape index (κ2) is 13.0. The van der Waals surface area contributed by atoms with E-state index in [0.29, 0.717) is 38.9 Å². The zero-order chi connectivity index (χ0) is 34.1. The molecule has 0 radical (unpaired) electrons. The Hall–Kier alpha value is -5.88. The largest absolute Gasteiger partial charge is 0.207 e. The van der Waals surface area contributed by atoms with E-state index in [1.54, 1.807) is 48.5 Å². The highest BCUT2D eigenvalue weighted by Crippen LogP contribution is 2.47. The van der Waals surface area contributed by atoms with Crippen LogP contribution < -0.4 is 0 Å². The third-order valence-corrected chi connectivity index (χ3v) is 8.75. The van der Waals surface area contributed by atoms with Gasteiger partial charge in [-0.2, -0.15) is 0 Å². The number of benzene rings is 7. The van der Waals surface area contributed by atoms with Gasteiger partial charge in [-0.15, -0.1) is 0 Å². The normalized spacial score (nSPS) is 11.5. The lowest BCUT2D eigenvalue weighted by Crippen LogP contribution is -2.31. The molecule has 0 spiro atoms. The van der Waals surface area contributed by atoms with Gasteiger partial charge in [0, 0.05) is 18.2 Å². The summed E-state index contributed by atoms with van der Waals surface area (Å²) in [6.45, 7) is 0. The van der Waals surface area contributed by atoms with Gasteiger partial charge in [-0.25, -0.2) is 26.3 Å². The van der Waals surface area contributed by atoms with Gasteiger partial charge in [0.25, 0.3) is 0 Å². The molecule has 6 heteroatoms. The Kier molecular flexibility index (Phi) is 8.39. The third-order valence-electron chi connectivity index (χ3n) is 8.75. The van der Waals surface area contributed by atoms with Crippen LogP contribution in [-0.2, 0) is 5.41 Å². The standard InChI is InChI=1S/C43H26F6/c44-37-18-31(19-38(45)24-37)29-8-14-34(15-9-29)43(36-22-41(48)26-42(49)23-36,33-12-6-28(7-13-33)27-4-2-1-3-5-27)35-16-10-30(11-17-35)32-20-39(46)25-40(47)21-32/h1-26H. The van der Waals surface area contributed by atoms with E-state index in [1.165, 1.54) is 36.4 Å². The van der Waals surface area contributed by atoms with E-state index in [9.17, 15) is 17.6 Å². The molecule has 7 rings (SSSR count). The molecule has 0 aliphatic carbocycles. The van der Waals surface area contributed by atoms with Crippen molar-refractivity contribution in [2.75, 3.05) is 0 Å². The van der Waals surface area contributed by atoms with Crippen LogP contribution in [0.15, 0.2) is 158 Å². The smallest absolute Gasteiger partial charge is 0.126 e. The maximum absolute atomic E-state index is 15.1. The van der Waals surface area contributed by atoms with E-state index in [1.807, 2.05) is 54.6 Å². The molecule has 0 atom stereocenters. The molecule has 0 amide bonds. The summed E-state index contributed by atoms with van der Waals surface area (Å²) in [5.74, 6) is -4.44. The van der Waals surface area contributed by atoms with Crippen molar-refractivity contribution in [2.45, 2.75) is 5.41 Å². The second-order valence-corrected chi connectivity index (χ2v) is 11.8. The molecule has 7 aromatic carbocycles. The maximum atomic E-state index is 15.1. The Morgan fingerprint density at radius 3 is 0.878 bits per heavy atom. The zero-order valence-corrected chi connectivity index (χ0v) is 25.8. The summed E-state index contributed by atoms with van der Waals surface area (Å²) in [5, 5.41) is 0. The molecule has 7 aromatic rings. The number of hydrogen-bond donors (Lipinski definition) is 0. The van der Waals surface area contributed by atoms with Crippen molar-refractivity contribution >= 4 is 0 Å². The summed E-state index contributed by atoms with van der Waals surface area (Å²) in [5.41, 5.74) is 4.47. The molecule has 0 saturated heterocycles. The molecule has 0 nitrogen and oxygen atoms in total. The highest BCUT2D eigenvalue weighted by Gasteiger charge is 2.39. The summed E-state index contributed by atoms with van der Waals surface area (Å²) >= 11 is 0. The van der Waals surface area contributed by atoms with Gasteiger partial charge in [0.2, 0.25) is 0 Å². The van der Waals surface area contributed by atoms with Crippen molar-refractivity contribution in [1.29, 1.82) is 0 Å². The lowest BCUT2D eigenvalue weighted by molar-refractivity contribution is 0.573. The third kappa shape index (κ3) is 6.25. The molecule has 0 aliphatic rings. The molecule has 0 heterocycles. The lowest BCUT2D eigenvalue weighted by atomic mass is 9.64. The first-order chi connectivity index (χ1) is 23.7. The van der Waals surface area contributed by atoms with Crippen molar-refractivity contribution < 1.29 is 26.3 Å². The first kappa shape index (κ1) is 31.7. The van der Waals surface area contributed by atoms with E-state index < -0.39 is 40.3 Å². The number of halogens is 6. The summed E-state index contributed by atoms with van der Waals surface area (Å²) in [6.07, 6.45) is 0. The van der Waals surface area contributed by atoms with Gasteiger partial charge in [0.15, 0.2) is 0 Å². The SMILES string of the molecule is Fc1cc(F)cc(-c2ccc(C(c3ccc(-c4ccccc4)cc3)(c3ccc(-c4cc(F)cc(F)c4)cc3)c3cc(F)cc(F)c3)cc2)c1. The monoisotopic (exact) mass is 656 g/mol. The maximum Gasteiger partial charge on any atom is 0.126 e. The van der Waals surface area contributed by atoms with Crippen LogP contribution in [0.1, 0.15) is 22.3 Å². The van der Waals surface area contributed by atoms with Gasteiger partial charge in [0.05, 0.1) is 5.41 Å². The quantitative estimate of drug-likeness (QED) is 0.118. The van der Waals surface area contributed by atoms with Crippen LogP contribution in [0, 0.1) is 34.9 Å². The van der Waals surface area contributed by atoms with Crippen molar-refractivity contribution in [1.82, 2.24) is 0 Å². The van der Waals surface area contributed by atoms with Crippen molar-refractivity contribution in [2.24, 2.45) is 0 Å². The van der Waals surface area contributed by atoms with Gasteiger partial charge in [-0.05, 0) is 92.0 Å². The fourth-order valence-corrected chi connectivity index (χ4v) is 6.58. The molecule has 0 N–H and O–H groups in total. The Labute approximate surface area is 279 Å². The molecular weight excluding hydrogens is 630 g/mol. The highest BCUT2D eigenvalue weighted by atomic mass is 19.2. The molecular formula is C43H26F6. The van der Waals surface area contributed by atoms with E-state index in [-0.39, 0.29) is 5.56 Å². The summed E-state index contributed by atoms with van der Waals surface area (Å²) in [4.78, 5) is 0. The van der Waals surface area contributed by atoms with Crippen molar-refractivity contribution in [3.8, 4) is 33.4 Å². The van der Waals surface area contributed by atoms with Crippen molar-refractivity contribution in [3.05, 3.63) is 215 Å². The van der Waals surface area contributed by atoms with Gasteiger partial charge in [-0.1, -0.05) is 103 Å². The highest BCUT2D eigenvalue weighted by molar-refractivity contribution is 5.71. The zero-order valence-electron chi connectivity index (χ0n) is 25.8. The van der Waals surface area contributed by atoms with Gasteiger partial charge in [-0.3, -0.25) is 0 Å². The van der Waals surface area contributed by atoms with Gasteiger partial charge < -0.3 is 0 Å². The Bertz CT molecular complexity index is 2100. The fraction of sp³-hybridized carbons (Fsp3) is 0.0233. The Morgan fingerprint density at radius 2 is 0.531 bits per heavy atom. The minimum absolute atomic E-state index is 0.284. The van der Waals surface area contributed by atoms with E-state index in [4.69, 9.17) is 0 Å². The molecule has 49 heavy (non-hydrogen) atoms. The minimum Gasteiger partial charge on any atom is -0.207 e. The second-order valence-electron chi connectivity index (χ2n) is 11.8. The minimum atomic E-state index is -1.32. The van der Waals surface area contributed by atoms with Crippen LogP contribution >= 0.6 is 0 Å². The van der Waals surface area contributed by atoms with E-state index in [0.717, 1.165) is 29.3 Å². The molecule has 0 fully saturated rings. The van der Waals surface area contributed by atoms with Crippen LogP contribution in [0.5, 0.6) is 0 Å². The molecule has 0 unspecified atom stereocenters. The fourth-order valence-electron chi connectivity index (χ4n) is 6.58. The van der Waals surface area contributed by atoms with Crippen LogP contribution in [0.4, 0.5) is 26.3 Å². The van der Waals surface area contributed by atoms with Crippen LogP contribution in [-0.4, -0.2) is 0 Å². The van der Waals surface area contributed by atoms with Crippen molar-refractivity contribution in [3.63, 3.8) is 0 Å². The lowest BCUT2D eigenvalue weighted by Gasteiger charge is -2.37. The number of rotatable bonds is 7. The van der Waals surface area contributed by atoms with Gasteiger partial charge in [0.1, 0.15) is 34.9 Å². The Balaban J connectivity index is 1.47. The average Bonchev–Trinajstić information content (AvgIpc) is 3.09. The first-order valence-corrected chi connectivity index (χ1v) is 15.5. The first-order valence-electron chi connectivity index (χ1n) is 15.5. The average molecular weight is 657 g/mol. The Morgan fingerprint density at radius 1 is 0.245 bits per heavy atom. The van der Waals surface area contributed by atoms with Crippen LogP contribution in [0.25, 0.3) is 33.4 Å². The topological polar surface area (TPSA) is 0 Å². The molecule has 0 bridgehead atoms. The predicted octanol–water partition coefficient (Wildman–Crippen LogP) is 11.9. The summed E-state index contributed by atoms with van der Waals surface area (Å²) in [6, 6.07) is 41.1. The summed E-state index contributed by atoms with van der Waals surface area (Å²) < 4.78 is 86.8. The summed E-state index contributed by atoms with van der Waals surface area (Å²) in [7, 11) is 0. The van der Waals surface area contributed by atoms with Gasteiger partial charge >= 0.3 is 0 Å².